The Bertz CT molecular complexity index is 1290. The molecule has 34 heavy (non-hydrogen) atoms. The fourth-order valence-electron chi connectivity index (χ4n) is 4.21. The number of nitrogens with zero attached hydrogens (tertiary/aromatic N) is 4. The third kappa shape index (κ3) is 5.32. The Hall–Kier alpha value is -1.56. The molecule has 0 N–H and O–H groups in total. The topological polar surface area (TPSA) is 73.8 Å². The summed E-state index contributed by atoms with van der Waals surface area (Å²) in [6.07, 6.45) is 0.970. The molecule has 7 nitrogen and oxygen atoms in total. The average molecular weight is 541 g/mol. The van der Waals surface area contributed by atoms with Crippen LogP contribution < -0.4 is 4.90 Å². The molecule has 1 aromatic carbocycles. The first-order valence-electron chi connectivity index (χ1n) is 11.2. The highest BCUT2D eigenvalue weighted by molar-refractivity contribution is 7.91. The third-order valence-electron chi connectivity index (χ3n) is 6.02. The van der Waals surface area contributed by atoms with Crippen LogP contribution >= 0.6 is 34.3 Å². The van der Waals surface area contributed by atoms with E-state index in [0.29, 0.717) is 48.5 Å². The molecule has 0 bridgehead atoms. The molecule has 3 heterocycles. The van der Waals surface area contributed by atoms with E-state index >= 15 is 0 Å². The van der Waals surface area contributed by atoms with Gasteiger partial charge in [-0.25, -0.2) is 13.4 Å². The van der Waals surface area contributed by atoms with Crippen LogP contribution in [0.15, 0.2) is 28.5 Å². The highest BCUT2D eigenvalue weighted by atomic mass is 35.5. The molecule has 1 aliphatic heterocycles. The molecule has 184 valence electrons. The second-order valence-electron chi connectivity index (χ2n) is 8.96. The van der Waals surface area contributed by atoms with Crippen molar-refractivity contribution in [3.8, 4) is 0 Å². The molecule has 11 heteroatoms. The number of likely N-dealkylation sites (N-methyl/N-ethyl adjacent to an activating group) is 1. The third-order valence-corrected chi connectivity index (χ3v) is 10.8. The number of rotatable bonds is 7. The molecule has 4 rings (SSSR count). The normalized spacial score (nSPS) is 15.9. The van der Waals surface area contributed by atoms with Gasteiger partial charge < -0.3 is 4.90 Å². The molecule has 0 aliphatic carbocycles. The summed E-state index contributed by atoms with van der Waals surface area (Å²) in [6.45, 7) is 6.00. The molecular weight excluding hydrogens is 512 g/mol. The van der Waals surface area contributed by atoms with Crippen LogP contribution in [0.2, 0.25) is 4.34 Å². The standard InChI is InChI=1S/C23H29ClN4O3S3/c1-15-13-16(2)21-18(14-15)25-23(33-21)28(12-11-26(3)4)22(29)17-7-9-27(10-8-17)34(30,31)20-6-5-19(24)32-20/h5-6,13-14,17H,7-12H2,1-4H3. The molecule has 0 radical (unpaired) electrons. The van der Waals surface area contributed by atoms with Gasteiger partial charge in [-0.2, -0.15) is 4.31 Å². The van der Waals surface area contributed by atoms with Crippen molar-refractivity contribution in [2.24, 2.45) is 5.92 Å². The number of anilines is 1. The van der Waals surface area contributed by atoms with Crippen molar-refractivity contribution >= 4 is 65.6 Å². The summed E-state index contributed by atoms with van der Waals surface area (Å²) >= 11 is 8.55. The fourth-order valence-corrected chi connectivity index (χ4v) is 8.36. The van der Waals surface area contributed by atoms with Gasteiger partial charge >= 0.3 is 0 Å². The van der Waals surface area contributed by atoms with E-state index in [-0.39, 0.29) is 16.0 Å². The van der Waals surface area contributed by atoms with Crippen molar-refractivity contribution in [1.82, 2.24) is 14.2 Å². The summed E-state index contributed by atoms with van der Waals surface area (Å²) in [5, 5.41) is 0.707. The van der Waals surface area contributed by atoms with E-state index in [4.69, 9.17) is 16.6 Å². The number of fused-ring (bicyclic) bond motifs is 1. The second-order valence-corrected chi connectivity index (χ2v) is 13.8. The number of sulfonamides is 1. The zero-order valence-corrected chi connectivity index (χ0v) is 23.0. The lowest BCUT2D eigenvalue weighted by atomic mass is 9.96. The van der Waals surface area contributed by atoms with Crippen molar-refractivity contribution in [2.75, 3.05) is 45.2 Å². The Kier molecular flexibility index (Phi) is 7.66. The zero-order valence-electron chi connectivity index (χ0n) is 19.7. The van der Waals surface area contributed by atoms with Crippen molar-refractivity contribution < 1.29 is 13.2 Å². The van der Waals surface area contributed by atoms with Gasteiger partial charge in [-0.1, -0.05) is 29.0 Å². The van der Waals surface area contributed by atoms with Gasteiger partial charge in [0.15, 0.2) is 5.13 Å². The minimum absolute atomic E-state index is 0.0199. The van der Waals surface area contributed by atoms with Crippen molar-refractivity contribution in [3.05, 3.63) is 39.7 Å². The Morgan fingerprint density at radius 3 is 2.47 bits per heavy atom. The predicted octanol–water partition coefficient (Wildman–Crippen LogP) is 4.62. The Balaban J connectivity index is 1.53. The molecule has 0 unspecified atom stereocenters. The van der Waals surface area contributed by atoms with Gasteiger partial charge in [0.25, 0.3) is 10.0 Å². The number of thiazole rings is 1. The quantitative estimate of drug-likeness (QED) is 0.437. The van der Waals surface area contributed by atoms with Crippen LogP contribution in [0.25, 0.3) is 10.2 Å². The van der Waals surface area contributed by atoms with Gasteiger partial charge in [0.05, 0.1) is 14.6 Å². The minimum atomic E-state index is -3.58. The van der Waals surface area contributed by atoms with Crippen LogP contribution in [0.1, 0.15) is 24.0 Å². The average Bonchev–Trinajstić information content (AvgIpc) is 3.40. The lowest BCUT2D eigenvalue weighted by Crippen LogP contribution is -2.45. The van der Waals surface area contributed by atoms with Gasteiger partial charge in [0.1, 0.15) is 4.21 Å². The van der Waals surface area contributed by atoms with Crippen molar-refractivity contribution in [2.45, 2.75) is 30.9 Å². The van der Waals surface area contributed by atoms with Crippen LogP contribution in [-0.4, -0.2) is 68.8 Å². The van der Waals surface area contributed by atoms with E-state index in [1.807, 2.05) is 25.9 Å². The Labute approximate surface area is 214 Å². The van der Waals surface area contributed by atoms with Gasteiger partial charge in [0.2, 0.25) is 5.91 Å². The first-order chi connectivity index (χ1) is 16.1. The lowest BCUT2D eigenvalue weighted by molar-refractivity contribution is -0.123. The summed E-state index contributed by atoms with van der Waals surface area (Å²) in [6, 6.07) is 7.32. The number of carbonyl (C=O) groups excluding carboxylic acids is 1. The SMILES string of the molecule is Cc1cc(C)c2sc(N(CCN(C)C)C(=O)C3CCN(S(=O)(=O)c4ccc(Cl)s4)CC3)nc2c1. The van der Waals surface area contributed by atoms with E-state index in [1.54, 1.807) is 28.4 Å². The van der Waals surface area contributed by atoms with Gasteiger partial charge in [-0.3, -0.25) is 9.69 Å². The maximum absolute atomic E-state index is 13.7. The largest absolute Gasteiger partial charge is 0.308 e. The summed E-state index contributed by atoms with van der Waals surface area (Å²) in [5.74, 6) is -0.220. The highest BCUT2D eigenvalue weighted by Gasteiger charge is 2.35. The molecule has 0 atom stereocenters. The van der Waals surface area contributed by atoms with Crippen molar-refractivity contribution in [3.63, 3.8) is 0 Å². The number of piperidine rings is 1. The number of thiophene rings is 1. The number of hydrogen-bond donors (Lipinski definition) is 0. The highest BCUT2D eigenvalue weighted by Crippen LogP contribution is 2.35. The number of aromatic nitrogens is 1. The number of hydrogen-bond acceptors (Lipinski definition) is 7. The first-order valence-corrected chi connectivity index (χ1v) is 14.6. The van der Waals surface area contributed by atoms with Gasteiger partial charge in [-0.15, -0.1) is 11.3 Å². The van der Waals surface area contributed by atoms with E-state index in [9.17, 15) is 13.2 Å². The van der Waals surface area contributed by atoms with Crippen LogP contribution in [0, 0.1) is 19.8 Å². The van der Waals surface area contributed by atoms with E-state index < -0.39 is 10.0 Å². The lowest BCUT2D eigenvalue weighted by Gasteiger charge is -2.33. The molecule has 3 aromatic rings. The second kappa shape index (κ2) is 10.2. The molecule has 0 spiro atoms. The number of aryl methyl sites for hydroxylation is 2. The fraction of sp³-hybridized carbons (Fsp3) is 0.478. The number of amides is 1. The summed E-state index contributed by atoms with van der Waals surface area (Å²) in [7, 11) is 0.377. The van der Waals surface area contributed by atoms with E-state index in [2.05, 4.69) is 19.1 Å². The van der Waals surface area contributed by atoms with E-state index in [0.717, 1.165) is 32.7 Å². The summed E-state index contributed by atoms with van der Waals surface area (Å²) < 4.78 is 29.1. The molecule has 1 saturated heterocycles. The Morgan fingerprint density at radius 2 is 1.85 bits per heavy atom. The molecule has 1 amide bonds. The minimum Gasteiger partial charge on any atom is -0.308 e. The maximum atomic E-state index is 13.7. The molecular formula is C23H29ClN4O3S3. The number of halogens is 1. The van der Waals surface area contributed by atoms with Gasteiger partial charge in [-0.05, 0) is 70.1 Å². The smallest absolute Gasteiger partial charge is 0.252 e. The van der Waals surface area contributed by atoms with Crippen LogP contribution in [0.5, 0.6) is 0 Å². The van der Waals surface area contributed by atoms with E-state index in [1.165, 1.54) is 4.31 Å². The monoisotopic (exact) mass is 540 g/mol. The number of carbonyl (C=O) groups is 1. The predicted molar refractivity (Wildman–Crippen MR) is 141 cm³/mol. The van der Waals surface area contributed by atoms with Crippen LogP contribution in [-0.2, 0) is 14.8 Å². The van der Waals surface area contributed by atoms with Gasteiger partial charge in [0, 0.05) is 32.1 Å². The zero-order chi connectivity index (χ0) is 24.6. The number of benzene rings is 1. The summed E-state index contributed by atoms with van der Waals surface area (Å²) in [4.78, 5) is 22.3. The van der Waals surface area contributed by atoms with Crippen molar-refractivity contribution in [1.29, 1.82) is 0 Å². The van der Waals surface area contributed by atoms with Crippen LogP contribution in [0.3, 0.4) is 0 Å². The molecule has 0 saturated carbocycles. The molecule has 2 aromatic heterocycles. The first kappa shape index (κ1) is 25.5. The summed E-state index contributed by atoms with van der Waals surface area (Å²) in [5.41, 5.74) is 3.22. The molecule has 1 fully saturated rings. The maximum Gasteiger partial charge on any atom is 0.252 e. The molecule has 1 aliphatic rings. The Morgan fingerprint density at radius 1 is 1.15 bits per heavy atom. The van der Waals surface area contributed by atoms with Crippen LogP contribution in [0.4, 0.5) is 5.13 Å².